The van der Waals surface area contributed by atoms with Gasteiger partial charge in [-0.25, -0.2) is 15.0 Å². The van der Waals surface area contributed by atoms with Gasteiger partial charge in [0.25, 0.3) is 0 Å². The first-order chi connectivity index (χ1) is 7.59. The van der Waals surface area contributed by atoms with E-state index in [4.69, 9.17) is 5.73 Å². The minimum absolute atomic E-state index is 0.523. The molecule has 2 aromatic heterocycles. The first-order valence-corrected chi connectivity index (χ1v) is 5.45. The Labute approximate surface area is 95.9 Å². The van der Waals surface area contributed by atoms with Crippen molar-refractivity contribution in [3.05, 3.63) is 23.1 Å². The number of pyridine rings is 1. The van der Waals surface area contributed by atoms with Crippen LogP contribution in [0.4, 0.5) is 5.82 Å². The Balaban J connectivity index is 0.000000606. The molecule has 0 saturated carbocycles. The third kappa shape index (κ3) is 2.10. The van der Waals surface area contributed by atoms with Crippen LogP contribution in [0.3, 0.4) is 0 Å². The molecule has 0 spiro atoms. The number of nitrogens with two attached hydrogens (primary N) is 1. The standard InChI is InChI=1S/C10H12N4.C2H6/c1-5-9-8(4-12-10(5)11)13-6(2)7(3)14-9;1-2/h4H,1-3H3,(H2,11,12);1-2H3. The maximum Gasteiger partial charge on any atom is 0.128 e. The number of hydrogen-bond acceptors (Lipinski definition) is 4. The van der Waals surface area contributed by atoms with E-state index in [1.165, 1.54) is 0 Å². The highest BCUT2D eigenvalue weighted by atomic mass is 14.9. The summed E-state index contributed by atoms with van der Waals surface area (Å²) in [6, 6.07) is 0. The zero-order valence-corrected chi connectivity index (χ0v) is 10.5. The van der Waals surface area contributed by atoms with Crippen LogP contribution in [0.5, 0.6) is 0 Å². The lowest BCUT2D eigenvalue weighted by Gasteiger charge is -2.05. The molecule has 0 amide bonds. The van der Waals surface area contributed by atoms with Gasteiger partial charge in [0, 0.05) is 5.56 Å². The number of nitrogens with zero attached hydrogens (tertiary/aromatic N) is 3. The van der Waals surface area contributed by atoms with Gasteiger partial charge in [-0.2, -0.15) is 0 Å². The second-order valence-corrected chi connectivity index (χ2v) is 3.40. The van der Waals surface area contributed by atoms with Gasteiger partial charge < -0.3 is 5.73 Å². The second-order valence-electron chi connectivity index (χ2n) is 3.40. The summed E-state index contributed by atoms with van der Waals surface area (Å²) in [6.45, 7) is 9.79. The third-order valence-corrected chi connectivity index (χ3v) is 2.40. The van der Waals surface area contributed by atoms with E-state index < -0.39 is 0 Å². The third-order valence-electron chi connectivity index (χ3n) is 2.40. The van der Waals surface area contributed by atoms with E-state index in [9.17, 15) is 0 Å². The zero-order chi connectivity index (χ0) is 12.3. The van der Waals surface area contributed by atoms with E-state index >= 15 is 0 Å². The fraction of sp³-hybridized carbons (Fsp3) is 0.417. The van der Waals surface area contributed by atoms with Gasteiger partial charge in [0.15, 0.2) is 0 Å². The summed E-state index contributed by atoms with van der Waals surface area (Å²) in [7, 11) is 0. The largest absolute Gasteiger partial charge is 0.383 e. The highest BCUT2D eigenvalue weighted by Crippen LogP contribution is 2.18. The van der Waals surface area contributed by atoms with Crippen LogP contribution in [0.2, 0.25) is 0 Å². The predicted octanol–water partition coefficient (Wildman–Crippen LogP) is 2.56. The highest BCUT2D eigenvalue weighted by molar-refractivity contribution is 5.80. The minimum Gasteiger partial charge on any atom is -0.383 e. The molecule has 0 radical (unpaired) electrons. The molecule has 2 heterocycles. The van der Waals surface area contributed by atoms with Crippen LogP contribution in [0.1, 0.15) is 30.8 Å². The van der Waals surface area contributed by atoms with Crippen LogP contribution < -0.4 is 5.73 Å². The Hall–Kier alpha value is -1.71. The number of nitrogen functional groups attached to an aromatic ring is 1. The summed E-state index contributed by atoms with van der Waals surface area (Å²) in [5.74, 6) is 0.523. The van der Waals surface area contributed by atoms with Crippen LogP contribution in [0.25, 0.3) is 11.0 Å². The number of anilines is 1. The molecule has 4 heteroatoms. The number of fused-ring (bicyclic) bond motifs is 1. The lowest BCUT2D eigenvalue weighted by Crippen LogP contribution is -2.00. The van der Waals surface area contributed by atoms with Crippen molar-refractivity contribution < 1.29 is 0 Å². The van der Waals surface area contributed by atoms with Crippen LogP contribution in [0, 0.1) is 20.8 Å². The fourth-order valence-electron chi connectivity index (χ4n) is 1.34. The number of aryl methyl sites for hydroxylation is 3. The summed E-state index contributed by atoms with van der Waals surface area (Å²) >= 11 is 0. The molecule has 0 bridgehead atoms. The topological polar surface area (TPSA) is 64.7 Å². The van der Waals surface area contributed by atoms with Crippen LogP contribution in [-0.4, -0.2) is 15.0 Å². The average molecular weight is 218 g/mol. The highest BCUT2D eigenvalue weighted by Gasteiger charge is 2.06. The number of hydrogen-bond donors (Lipinski definition) is 1. The second kappa shape index (κ2) is 4.88. The van der Waals surface area contributed by atoms with Crippen molar-refractivity contribution in [1.82, 2.24) is 15.0 Å². The number of aromatic nitrogens is 3. The first-order valence-electron chi connectivity index (χ1n) is 5.45. The van der Waals surface area contributed by atoms with Crippen molar-refractivity contribution in [1.29, 1.82) is 0 Å². The molecule has 2 rings (SSSR count). The van der Waals surface area contributed by atoms with Crippen molar-refractivity contribution in [3.8, 4) is 0 Å². The van der Waals surface area contributed by atoms with Crippen molar-refractivity contribution in [2.45, 2.75) is 34.6 Å². The van der Waals surface area contributed by atoms with Crippen LogP contribution in [0.15, 0.2) is 6.20 Å². The molecule has 0 atom stereocenters. The van der Waals surface area contributed by atoms with Gasteiger partial charge in [0.1, 0.15) is 11.3 Å². The summed E-state index contributed by atoms with van der Waals surface area (Å²) < 4.78 is 0. The van der Waals surface area contributed by atoms with Crippen molar-refractivity contribution in [3.63, 3.8) is 0 Å². The van der Waals surface area contributed by atoms with Gasteiger partial charge in [-0.3, -0.25) is 0 Å². The molecular weight excluding hydrogens is 200 g/mol. The molecule has 0 aliphatic rings. The van der Waals surface area contributed by atoms with Crippen molar-refractivity contribution >= 4 is 16.9 Å². The van der Waals surface area contributed by atoms with Crippen LogP contribution >= 0.6 is 0 Å². The van der Waals surface area contributed by atoms with E-state index in [0.717, 1.165) is 28.0 Å². The quantitative estimate of drug-likeness (QED) is 0.738. The lowest BCUT2D eigenvalue weighted by molar-refractivity contribution is 1.09. The van der Waals surface area contributed by atoms with E-state index in [1.807, 2.05) is 34.6 Å². The Morgan fingerprint density at radius 3 is 2.19 bits per heavy atom. The van der Waals surface area contributed by atoms with Gasteiger partial charge in [-0.1, -0.05) is 13.8 Å². The molecule has 2 aromatic rings. The van der Waals surface area contributed by atoms with Gasteiger partial charge >= 0.3 is 0 Å². The van der Waals surface area contributed by atoms with E-state index in [-0.39, 0.29) is 0 Å². The average Bonchev–Trinajstić information content (AvgIpc) is 2.30. The monoisotopic (exact) mass is 218 g/mol. The molecular formula is C12H18N4. The molecule has 0 saturated heterocycles. The lowest BCUT2D eigenvalue weighted by atomic mass is 10.2. The molecule has 16 heavy (non-hydrogen) atoms. The molecule has 4 nitrogen and oxygen atoms in total. The van der Waals surface area contributed by atoms with Gasteiger partial charge in [0.2, 0.25) is 0 Å². The summed E-state index contributed by atoms with van der Waals surface area (Å²) in [5.41, 5.74) is 10.1. The zero-order valence-electron chi connectivity index (χ0n) is 10.5. The van der Waals surface area contributed by atoms with Gasteiger partial charge in [0.05, 0.1) is 23.1 Å². The predicted molar refractivity (Wildman–Crippen MR) is 67.3 cm³/mol. The van der Waals surface area contributed by atoms with Crippen LogP contribution in [-0.2, 0) is 0 Å². The summed E-state index contributed by atoms with van der Waals surface area (Å²) in [6.07, 6.45) is 1.66. The molecule has 86 valence electrons. The normalized spacial score (nSPS) is 9.81. The molecule has 0 fully saturated rings. The van der Waals surface area contributed by atoms with E-state index in [2.05, 4.69) is 15.0 Å². The smallest absolute Gasteiger partial charge is 0.128 e. The Bertz CT molecular complexity index is 506. The Morgan fingerprint density at radius 2 is 1.56 bits per heavy atom. The summed E-state index contributed by atoms with van der Waals surface area (Å²) in [5, 5.41) is 0. The minimum atomic E-state index is 0.523. The van der Waals surface area contributed by atoms with Gasteiger partial charge in [-0.15, -0.1) is 0 Å². The molecule has 0 unspecified atom stereocenters. The molecule has 0 aliphatic carbocycles. The van der Waals surface area contributed by atoms with E-state index in [1.54, 1.807) is 6.20 Å². The molecule has 0 aromatic carbocycles. The number of rotatable bonds is 0. The van der Waals surface area contributed by atoms with E-state index in [0.29, 0.717) is 5.82 Å². The summed E-state index contributed by atoms with van der Waals surface area (Å²) in [4.78, 5) is 12.9. The van der Waals surface area contributed by atoms with Crippen molar-refractivity contribution in [2.24, 2.45) is 0 Å². The Morgan fingerprint density at radius 1 is 1.00 bits per heavy atom. The SMILES string of the molecule is CC.Cc1nc2cnc(N)c(C)c2nc1C. The maximum absolute atomic E-state index is 5.70. The Kier molecular flexibility index (Phi) is 3.77. The van der Waals surface area contributed by atoms with Crippen molar-refractivity contribution in [2.75, 3.05) is 5.73 Å². The molecule has 0 aliphatic heterocycles. The fourth-order valence-corrected chi connectivity index (χ4v) is 1.34. The first kappa shape index (κ1) is 12.4. The van der Waals surface area contributed by atoms with Gasteiger partial charge in [-0.05, 0) is 20.8 Å². The maximum atomic E-state index is 5.70. The molecule has 2 N–H and O–H groups in total.